The molecule has 0 saturated heterocycles. The van der Waals surface area contributed by atoms with Crippen LogP contribution in [0.2, 0.25) is 0 Å². The van der Waals surface area contributed by atoms with Crippen LogP contribution in [0.25, 0.3) is 11.1 Å². The lowest BCUT2D eigenvalue weighted by molar-refractivity contribution is -0.383. The summed E-state index contributed by atoms with van der Waals surface area (Å²) in [7, 11) is 0. The molecule has 1 amide bonds. The Labute approximate surface area is 215 Å². The summed E-state index contributed by atoms with van der Waals surface area (Å²) in [6, 6.07) is 21.5. The molecule has 1 aromatic heterocycles. The molecule has 1 heterocycles. The first-order valence-corrected chi connectivity index (χ1v) is 11.4. The van der Waals surface area contributed by atoms with E-state index in [0.717, 1.165) is 17.8 Å². The van der Waals surface area contributed by atoms with Crippen molar-refractivity contribution < 1.29 is 27.6 Å². The Morgan fingerprint density at radius 3 is 2.39 bits per heavy atom. The van der Waals surface area contributed by atoms with Crippen molar-refractivity contribution in [3.05, 3.63) is 112 Å². The molecule has 4 rings (SSSR count). The van der Waals surface area contributed by atoms with Gasteiger partial charge in [-0.15, -0.1) is 13.2 Å². The van der Waals surface area contributed by atoms with Crippen molar-refractivity contribution in [3.8, 4) is 16.9 Å². The van der Waals surface area contributed by atoms with Crippen molar-refractivity contribution >= 4 is 23.0 Å². The zero-order valence-corrected chi connectivity index (χ0v) is 19.7. The summed E-state index contributed by atoms with van der Waals surface area (Å²) in [5, 5.41) is 17.4. The Morgan fingerprint density at radius 2 is 1.71 bits per heavy atom. The van der Waals surface area contributed by atoms with Crippen LogP contribution in [0.3, 0.4) is 0 Å². The lowest BCUT2D eigenvalue weighted by Crippen LogP contribution is -2.17. The number of amides is 1. The number of carbonyl (C=O) groups excluding carboxylic acids is 1. The molecule has 0 atom stereocenters. The van der Waals surface area contributed by atoms with Crippen LogP contribution in [0.1, 0.15) is 16.1 Å². The third-order valence-corrected chi connectivity index (χ3v) is 5.45. The van der Waals surface area contributed by atoms with Crippen LogP contribution in [-0.2, 0) is 6.42 Å². The molecule has 0 fully saturated rings. The van der Waals surface area contributed by atoms with Crippen molar-refractivity contribution in [1.29, 1.82) is 0 Å². The largest absolute Gasteiger partial charge is 0.573 e. The molecule has 11 heteroatoms. The van der Waals surface area contributed by atoms with Gasteiger partial charge in [0.15, 0.2) is 0 Å². The summed E-state index contributed by atoms with van der Waals surface area (Å²) in [6.07, 6.45) is -2.58. The highest BCUT2D eigenvalue weighted by molar-refractivity contribution is 6.09. The molecule has 0 unspecified atom stereocenters. The molecule has 0 aliphatic rings. The van der Waals surface area contributed by atoms with Gasteiger partial charge < -0.3 is 15.4 Å². The van der Waals surface area contributed by atoms with E-state index >= 15 is 0 Å². The predicted molar refractivity (Wildman–Crippen MR) is 136 cm³/mol. The minimum absolute atomic E-state index is 0.209. The molecule has 3 aromatic carbocycles. The summed E-state index contributed by atoms with van der Waals surface area (Å²) < 4.78 is 41.3. The van der Waals surface area contributed by atoms with Gasteiger partial charge in [0, 0.05) is 42.2 Å². The number of alkyl halides is 3. The maximum atomic E-state index is 13.1. The summed E-state index contributed by atoms with van der Waals surface area (Å²) in [5.74, 6) is -0.925. The van der Waals surface area contributed by atoms with E-state index in [1.54, 1.807) is 42.6 Å². The van der Waals surface area contributed by atoms with E-state index in [1.165, 1.54) is 24.3 Å². The Hall–Kier alpha value is -4.93. The van der Waals surface area contributed by atoms with E-state index < -0.39 is 17.2 Å². The minimum Gasteiger partial charge on any atom is -0.406 e. The molecule has 8 nitrogen and oxygen atoms in total. The number of hydrogen-bond donors (Lipinski definition) is 2. The number of nitrogens with one attached hydrogen (secondary N) is 2. The van der Waals surface area contributed by atoms with Gasteiger partial charge in [0.25, 0.3) is 11.6 Å². The van der Waals surface area contributed by atoms with Gasteiger partial charge >= 0.3 is 6.36 Å². The number of carbonyl (C=O) groups is 1. The second kappa shape index (κ2) is 11.4. The minimum atomic E-state index is -4.81. The fourth-order valence-electron chi connectivity index (χ4n) is 3.75. The van der Waals surface area contributed by atoms with Crippen molar-refractivity contribution in [1.82, 2.24) is 4.98 Å². The average Bonchev–Trinajstić information content (AvgIpc) is 2.89. The number of aromatic nitrogens is 1. The molecular formula is C27H21F3N4O4. The number of halogens is 3. The number of rotatable bonds is 9. The number of hydrogen-bond acceptors (Lipinski definition) is 6. The van der Waals surface area contributed by atoms with Crippen LogP contribution in [0.5, 0.6) is 5.75 Å². The van der Waals surface area contributed by atoms with E-state index in [1.807, 2.05) is 12.1 Å². The number of ether oxygens (including phenoxy) is 1. The summed E-state index contributed by atoms with van der Waals surface area (Å²) in [5.41, 5.74) is 2.32. The fraction of sp³-hybridized carbons (Fsp3) is 0.111. The third-order valence-electron chi connectivity index (χ3n) is 5.45. The summed E-state index contributed by atoms with van der Waals surface area (Å²) >= 11 is 0. The molecule has 0 spiro atoms. The highest BCUT2D eigenvalue weighted by atomic mass is 19.4. The maximum Gasteiger partial charge on any atom is 0.573 e. The lowest BCUT2D eigenvalue weighted by Gasteiger charge is -2.13. The predicted octanol–water partition coefficient (Wildman–Crippen LogP) is 6.46. The monoisotopic (exact) mass is 522 g/mol. The molecule has 0 radical (unpaired) electrons. The van der Waals surface area contributed by atoms with E-state index in [4.69, 9.17) is 0 Å². The first-order valence-electron chi connectivity index (χ1n) is 11.4. The Morgan fingerprint density at radius 1 is 0.974 bits per heavy atom. The first kappa shape index (κ1) is 26.1. The quantitative estimate of drug-likeness (QED) is 0.193. The van der Waals surface area contributed by atoms with E-state index in [2.05, 4.69) is 20.4 Å². The SMILES string of the molecule is O=C(Nc1ccc(NCCc2ccccn2)c([N+](=O)[O-])c1)c1ccccc1-c1ccc(OC(F)(F)F)cc1. The van der Waals surface area contributed by atoms with Crippen molar-refractivity contribution in [3.63, 3.8) is 0 Å². The molecule has 0 aliphatic heterocycles. The average molecular weight is 522 g/mol. The number of benzene rings is 3. The van der Waals surface area contributed by atoms with Gasteiger partial charge in [0.1, 0.15) is 11.4 Å². The molecule has 38 heavy (non-hydrogen) atoms. The summed E-state index contributed by atoms with van der Waals surface area (Å²) in [6.45, 7) is 0.420. The van der Waals surface area contributed by atoms with Gasteiger partial charge in [-0.25, -0.2) is 0 Å². The van der Waals surface area contributed by atoms with Gasteiger partial charge in [0.05, 0.1) is 4.92 Å². The number of nitro benzene ring substituents is 1. The number of anilines is 2. The molecular weight excluding hydrogens is 501 g/mol. The van der Waals surface area contributed by atoms with E-state index in [9.17, 15) is 28.1 Å². The zero-order valence-electron chi connectivity index (χ0n) is 19.7. The second-order valence-corrected chi connectivity index (χ2v) is 8.06. The van der Waals surface area contributed by atoms with Crippen molar-refractivity contribution in [2.24, 2.45) is 0 Å². The Bertz CT molecular complexity index is 1430. The lowest BCUT2D eigenvalue weighted by atomic mass is 9.99. The third kappa shape index (κ3) is 6.84. The van der Waals surface area contributed by atoms with E-state index in [-0.39, 0.29) is 22.7 Å². The van der Waals surface area contributed by atoms with E-state index in [0.29, 0.717) is 29.8 Å². The molecule has 0 bridgehead atoms. The molecule has 194 valence electrons. The normalized spacial score (nSPS) is 11.0. The van der Waals surface area contributed by atoms with Crippen LogP contribution < -0.4 is 15.4 Å². The van der Waals surface area contributed by atoms with Crippen molar-refractivity contribution in [2.45, 2.75) is 12.8 Å². The van der Waals surface area contributed by atoms with Crippen LogP contribution in [0.4, 0.5) is 30.2 Å². The fourth-order valence-corrected chi connectivity index (χ4v) is 3.75. The highest BCUT2D eigenvalue weighted by Gasteiger charge is 2.31. The number of nitrogens with zero attached hydrogens (tertiary/aromatic N) is 2. The first-order chi connectivity index (χ1) is 18.2. The van der Waals surface area contributed by atoms with Crippen LogP contribution in [-0.4, -0.2) is 28.7 Å². The summed E-state index contributed by atoms with van der Waals surface area (Å²) in [4.78, 5) is 28.4. The molecule has 4 aromatic rings. The van der Waals surface area contributed by atoms with Crippen molar-refractivity contribution in [2.75, 3.05) is 17.2 Å². The molecule has 0 saturated carbocycles. The zero-order chi connectivity index (χ0) is 27.1. The number of pyridine rings is 1. The molecule has 2 N–H and O–H groups in total. The second-order valence-electron chi connectivity index (χ2n) is 8.06. The van der Waals surface area contributed by atoms with Crippen LogP contribution >= 0.6 is 0 Å². The van der Waals surface area contributed by atoms with Gasteiger partial charge in [-0.05, 0) is 53.6 Å². The topological polar surface area (TPSA) is 106 Å². The van der Waals surface area contributed by atoms with Gasteiger partial charge in [-0.1, -0.05) is 36.4 Å². The van der Waals surface area contributed by atoms with Gasteiger partial charge in [-0.2, -0.15) is 0 Å². The van der Waals surface area contributed by atoms with Crippen LogP contribution in [0.15, 0.2) is 91.1 Å². The Kier molecular flexibility index (Phi) is 7.86. The van der Waals surface area contributed by atoms with Crippen LogP contribution in [0, 0.1) is 10.1 Å². The smallest absolute Gasteiger partial charge is 0.406 e. The van der Waals surface area contributed by atoms with Gasteiger partial charge in [-0.3, -0.25) is 19.9 Å². The Balaban J connectivity index is 1.49. The standard InChI is InChI=1S/C27H21F3N4O4/c28-27(29,30)38-21-11-8-18(9-12-21)22-6-1-2-7-23(22)26(35)33-20-10-13-24(25(17-20)34(36)37)32-16-14-19-5-3-4-15-31-19/h1-13,15,17,32H,14,16H2,(H,33,35). The maximum absolute atomic E-state index is 13.1. The molecule has 0 aliphatic carbocycles. The number of nitro groups is 1. The van der Waals surface area contributed by atoms with Gasteiger partial charge in [0.2, 0.25) is 0 Å². The highest BCUT2D eigenvalue weighted by Crippen LogP contribution is 2.31.